The van der Waals surface area contributed by atoms with Gasteiger partial charge in [0.15, 0.2) is 0 Å². The number of carbonyl (C=O) groups excluding carboxylic acids is 3. The molecule has 1 atom stereocenters. The molecule has 1 aliphatic rings. The van der Waals surface area contributed by atoms with Crippen molar-refractivity contribution in [2.45, 2.75) is 39.2 Å². The van der Waals surface area contributed by atoms with Gasteiger partial charge in [0.05, 0.1) is 12.1 Å². The van der Waals surface area contributed by atoms with E-state index in [1.165, 1.54) is 13.8 Å². The van der Waals surface area contributed by atoms with Crippen molar-refractivity contribution in [2.75, 3.05) is 11.4 Å². The van der Waals surface area contributed by atoms with E-state index in [-0.39, 0.29) is 18.1 Å². The standard InChI is InChI=1S/C16H19NO4/c1-4-9-17-14-8-6-5-7-13(14)16(15(17)20,10-11(2)18)21-12(3)19/h5-8H,4,9-10H2,1-3H3/t16-/m1/s1. The van der Waals surface area contributed by atoms with Crippen LogP contribution in [0.5, 0.6) is 0 Å². The molecule has 0 spiro atoms. The van der Waals surface area contributed by atoms with E-state index in [9.17, 15) is 14.4 Å². The van der Waals surface area contributed by atoms with E-state index in [0.717, 1.165) is 6.42 Å². The van der Waals surface area contributed by atoms with Crippen molar-refractivity contribution in [3.05, 3.63) is 29.8 Å². The molecule has 5 nitrogen and oxygen atoms in total. The predicted octanol–water partition coefficient (Wildman–Crippen LogP) is 2.18. The van der Waals surface area contributed by atoms with E-state index in [4.69, 9.17) is 4.74 Å². The molecular formula is C16H19NO4. The Kier molecular flexibility index (Phi) is 4.11. The summed E-state index contributed by atoms with van der Waals surface area (Å²) in [5, 5.41) is 0. The summed E-state index contributed by atoms with van der Waals surface area (Å²) in [5.41, 5.74) is -0.204. The van der Waals surface area contributed by atoms with E-state index < -0.39 is 11.6 Å². The number of hydrogen-bond donors (Lipinski definition) is 0. The zero-order chi connectivity index (χ0) is 15.6. The largest absolute Gasteiger partial charge is 0.444 e. The van der Waals surface area contributed by atoms with Crippen LogP contribution in [0.3, 0.4) is 0 Å². The molecular weight excluding hydrogens is 270 g/mol. The lowest BCUT2D eigenvalue weighted by Crippen LogP contribution is -2.44. The lowest BCUT2D eigenvalue weighted by molar-refractivity contribution is -0.167. The molecule has 0 aliphatic carbocycles. The molecule has 0 N–H and O–H groups in total. The van der Waals surface area contributed by atoms with Gasteiger partial charge in [0, 0.05) is 19.0 Å². The van der Waals surface area contributed by atoms with Crippen LogP contribution in [-0.4, -0.2) is 24.2 Å². The normalized spacial score (nSPS) is 20.3. The molecule has 0 aromatic heterocycles. The number of rotatable bonds is 5. The van der Waals surface area contributed by atoms with Gasteiger partial charge in [-0.2, -0.15) is 0 Å². The highest BCUT2D eigenvalue weighted by Gasteiger charge is 2.54. The van der Waals surface area contributed by atoms with Gasteiger partial charge < -0.3 is 9.64 Å². The van der Waals surface area contributed by atoms with Gasteiger partial charge >= 0.3 is 5.97 Å². The highest BCUT2D eigenvalue weighted by molar-refractivity contribution is 6.09. The summed E-state index contributed by atoms with van der Waals surface area (Å²) in [6.07, 6.45) is 0.638. The second kappa shape index (κ2) is 5.68. The van der Waals surface area contributed by atoms with Crippen molar-refractivity contribution in [3.63, 3.8) is 0 Å². The minimum atomic E-state index is -1.51. The number of anilines is 1. The zero-order valence-corrected chi connectivity index (χ0v) is 12.5. The maximum atomic E-state index is 12.8. The number of carbonyl (C=O) groups is 3. The van der Waals surface area contributed by atoms with Crippen molar-refractivity contribution < 1.29 is 19.1 Å². The lowest BCUT2D eigenvalue weighted by atomic mass is 9.90. The van der Waals surface area contributed by atoms with Gasteiger partial charge in [-0.15, -0.1) is 0 Å². The quantitative estimate of drug-likeness (QED) is 0.779. The molecule has 1 amide bonds. The van der Waals surface area contributed by atoms with Crippen LogP contribution >= 0.6 is 0 Å². The fourth-order valence-corrected chi connectivity index (χ4v) is 2.84. The Morgan fingerprint density at radius 3 is 2.48 bits per heavy atom. The Balaban J connectivity index is 2.60. The number of nitrogens with zero attached hydrogens (tertiary/aromatic N) is 1. The number of Topliss-reactive ketones (excluding diaryl/α,β-unsaturated/α-hetero) is 1. The molecule has 1 heterocycles. The average molecular weight is 289 g/mol. The van der Waals surface area contributed by atoms with Crippen LogP contribution in [0.4, 0.5) is 5.69 Å². The number of fused-ring (bicyclic) bond motifs is 1. The summed E-state index contributed by atoms with van der Waals surface area (Å²) in [5.74, 6) is -1.11. The molecule has 1 aromatic carbocycles. The van der Waals surface area contributed by atoms with Gasteiger partial charge in [-0.25, -0.2) is 0 Å². The molecule has 0 radical (unpaired) electrons. The number of hydrogen-bond acceptors (Lipinski definition) is 4. The number of ketones is 1. The summed E-state index contributed by atoms with van der Waals surface area (Å²) in [7, 11) is 0. The maximum absolute atomic E-state index is 12.8. The van der Waals surface area contributed by atoms with E-state index in [0.29, 0.717) is 17.8 Å². The second-order valence-electron chi connectivity index (χ2n) is 5.27. The molecule has 1 aliphatic heterocycles. The van der Waals surface area contributed by atoms with E-state index in [1.54, 1.807) is 17.0 Å². The van der Waals surface area contributed by atoms with E-state index >= 15 is 0 Å². The predicted molar refractivity (Wildman–Crippen MR) is 77.8 cm³/mol. The Morgan fingerprint density at radius 2 is 1.90 bits per heavy atom. The summed E-state index contributed by atoms with van der Waals surface area (Å²) in [6.45, 7) is 5.13. The van der Waals surface area contributed by atoms with Crippen molar-refractivity contribution in [2.24, 2.45) is 0 Å². The Hall–Kier alpha value is -2.17. The minimum Gasteiger partial charge on any atom is -0.444 e. The number of ether oxygens (including phenoxy) is 1. The maximum Gasteiger partial charge on any atom is 0.304 e. The first-order valence-electron chi connectivity index (χ1n) is 7.03. The number of para-hydroxylation sites is 1. The van der Waals surface area contributed by atoms with Gasteiger partial charge in [-0.1, -0.05) is 25.1 Å². The van der Waals surface area contributed by atoms with Gasteiger partial charge in [0.2, 0.25) is 5.60 Å². The monoisotopic (exact) mass is 289 g/mol. The van der Waals surface area contributed by atoms with Crippen molar-refractivity contribution >= 4 is 23.3 Å². The smallest absolute Gasteiger partial charge is 0.304 e. The second-order valence-corrected chi connectivity index (χ2v) is 5.27. The van der Waals surface area contributed by atoms with Gasteiger partial charge in [-0.3, -0.25) is 14.4 Å². The van der Waals surface area contributed by atoms with Crippen molar-refractivity contribution in [1.82, 2.24) is 0 Å². The summed E-state index contributed by atoms with van der Waals surface area (Å²) < 4.78 is 5.37. The molecule has 0 saturated heterocycles. The molecule has 21 heavy (non-hydrogen) atoms. The average Bonchev–Trinajstić information content (AvgIpc) is 2.61. The third-order valence-corrected chi connectivity index (χ3v) is 3.48. The van der Waals surface area contributed by atoms with Crippen LogP contribution in [0.2, 0.25) is 0 Å². The first kappa shape index (κ1) is 15.2. The van der Waals surface area contributed by atoms with Gasteiger partial charge in [0.25, 0.3) is 5.91 Å². The molecule has 0 fully saturated rings. The fourth-order valence-electron chi connectivity index (χ4n) is 2.84. The third kappa shape index (κ3) is 2.55. The molecule has 5 heteroatoms. The molecule has 1 aromatic rings. The third-order valence-electron chi connectivity index (χ3n) is 3.48. The molecule has 0 bridgehead atoms. The zero-order valence-electron chi connectivity index (χ0n) is 12.5. The molecule has 0 saturated carbocycles. The lowest BCUT2D eigenvalue weighted by Gasteiger charge is -2.27. The van der Waals surface area contributed by atoms with Crippen LogP contribution in [0.15, 0.2) is 24.3 Å². The van der Waals surface area contributed by atoms with E-state index in [1.807, 2.05) is 19.1 Å². The van der Waals surface area contributed by atoms with E-state index in [2.05, 4.69) is 0 Å². The topological polar surface area (TPSA) is 63.7 Å². The summed E-state index contributed by atoms with van der Waals surface area (Å²) >= 11 is 0. The first-order chi connectivity index (χ1) is 9.92. The Bertz CT molecular complexity index is 578. The molecule has 112 valence electrons. The fraction of sp³-hybridized carbons (Fsp3) is 0.438. The SMILES string of the molecule is CCCN1C(=O)[C@](CC(C)=O)(OC(C)=O)c2ccccc21. The highest BCUT2D eigenvalue weighted by Crippen LogP contribution is 2.45. The summed E-state index contributed by atoms with van der Waals surface area (Å²) in [6, 6.07) is 7.16. The number of amides is 1. The Morgan fingerprint density at radius 1 is 1.24 bits per heavy atom. The molecule has 2 rings (SSSR count). The number of benzene rings is 1. The Labute approximate surface area is 123 Å². The van der Waals surface area contributed by atoms with Crippen LogP contribution in [0.25, 0.3) is 0 Å². The summed E-state index contributed by atoms with van der Waals surface area (Å²) in [4.78, 5) is 37.6. The number of esters is 1. The van der Waals surface area contributed by atoms with Crippen molar-refractivity contribution in [1.29, 1.82) is 0 Å². The molecule has 0 unspecified atom stereocenters. The highest BCUT2D eigenvalue weighted by atomic mass is 16.6. The van der Waals surface area contributed by atoms with Crippen LogP contribution in [0, 0.1) is 0 Å². The van der Waals surface area contributed by atoms with Crippen LogP contribution in [0.1, 0.15) is 39.2 Å². The van der Waals surface area contributed by atoms with Crippen LogP contribution < -0.4 is 4.90 Å². The van der Waals surface area contributed by atoms with Gasteiger partial charge in [-0.05, 0) is 19.4 Å². The first-order valence-corrected chi connectivity index (χ1v) is 7.03. The van der Waals surface area contributed by atoms with Crippen molar-refractivity contribution in [3.8, 4) is 0 Å². The minimum absolute atomic E-state index is 0.136. The van der Waals surface area contributed by atoms with Crippen LogP contribution in [-0.2, 0) is 24.7 Å². The van der Waals surface area contributed by atoms with Gasteiger partial charge in [0.1, 0.15) is 5.78 Å².